The number of nitrogens with one attached hydrogen (secondary N) is 1. The third kappa shape index (κ3) is 2.71. The maximum absolute atomic E-state index is 13.2. The van der Waals surface area contributed by atoms with Gasteiger partial charge in [0.15, 0.2) is 0 Å². The van der Waals surface area contributed by atoms with E-state index < -0.39 is 11.0 Å². The van der Waals surface area contributed by atoms with Gasteiger partial charge in [0.2, 0.25) is 5.95 Å². The van der Waals surface area contributed by atoms with Gasteiger partial charge in [0.1, 0.15) is 11.9 Å². The maximum Gasteiger partial charge on any atom is 0.269 e. The number of halogens is 1. The van der Waals surface area contributed by atoms with E-state index in [0.717, 1.165) is 5.56 Å². The molecule has 0 spiro atoms. The summed E-state index contributed by atoms with van der Waals surface area (Å²) in [5.41, 5.74) is 2.11. The van der Waals surface area contributed by atoms with Crippen molar-refractivity contribution in [2.24, 2.45) is 0 Å². The van der Waals surface area contributed by atoms with Gasteiger partial charge in [-0.15, -0.1) is 0 Å². The number of aromatic nitrogens is 4. The first-order valence-electron chi connectivity index (χ1n) is 7.39. The summed E-state index contributed by atoms with van der Waals surface area (Å²) < 4.78 is 14.7. The number of benzene rings is 2. The molecule has 8 nitrogen and oxygen atoms in total. The van der Waals surface area contributed by atoms with Crippen LogP contribution in [-0.4, -0.2) is 25.1 Å². The number of hydrogen-bond donors (Lipinski definition) is 1. The van der Waals surface area contributed by atoms with Crippen LogP contribution >= 0.6 is 0 Å². The van der Waals surface area contributed by atoms with Gasteiger partial charge in [0.25, 0.3) is 5.69 Å². The second-order valence-corrected chi connectivity index (χ2v) is 5.46. The number of nitrogens with zero attached hydrogens (tertiary/aromatic N) is 5. The lowest BCUT2D eigenvalue weighted by molar-refractivity contribution is -0.384. The smallest absolute Gasteiger partial charge is 0.269 e. The first kappa shape index (κ1) is 14.9. The highest BCUT2D eigenvalue weighted by molar-refractivity contribution is 5.76. The van der Waals surface area contributed by atoms with Crippen molar-refractivity contribution < 1.29 is 9.31 Å². The number of tetrazole rings is 1. The van der Waals surface area contributed by atoms with Crippen LogP contribution < -0.4 is 5.32 Å². The second kappa shape index (κ2) is 5.78. The minimum absolute atomic E-state index is 0.0117. The SMILES string of the molecule is O=[N+]([O-])c1cccc([C@@H]2C=C(c3ccc(F)cc3)Nc3nnnn32)c1. The van der Waals surface area contributed by atoms with Crippen LogP contribution in [0.1, 0.15) is 17.2 Å². The number of nitro groups is 1. The average Bonchev–Trinajstić information content (AvgIpc) is 3.10. The number of fused-ring (bicyclic) bond motifs is 1. The van der Waals surface area contributed by atoms with Crippen molar-refractivity contribution in [2.45, 2.75) is 6.04 Å². The minimum atomic E-state index is -0.449. The molecule has 0 radical (unpaired) electrons. The molecule has 4 rings (SSSR count). The summed E-state index contributed by atoms with van der Waals surface area (Å²) in [4.78, 5) is 10.6. The number of hydrogen-bond acceptors (Lipinski definition) is 6. The van der Waals surface area contributed by atoms with Crippen molar-refractivity contribution in [3.63, 3.8) is 0 Å². The molecule has 2 heterocycles. The topological polar surface area (TPSA) is 98.8 Å². The third-order valence-corrected chi connectivity index (χ3v) is 3.91. The number of non-ortho nitro benzene ring substituents is 1. The van der Waals surface area contributed by atoms with Gasteiger partial charge in [-0.3, -0.25) is 10.1 Å². The van der Waals surface area contributed by atoms with Crippen LogP contribution in [0, 0.1) is 15.9 Å². The minimum Gasteiger partial charge on any atom is -0.323 e. The molecule has 0 aliphatic carbocycles. The number of rotatable bonds is 3. The molecule has 0 bridgehead atoms. The van der Waals surface area contributed by atoms with Crippen molar-refractivity contribution in [2.75, 3.05) is 5.32 Å². The summed E-state index contributed by atoms with van der Waals surface area (Å²) in [6, 6.07) is 11.9. The lowest BCUT2D eigenvalue weighted by Gasteiger charge is -2.23. The number of allylic oxidation sites excluding steroid dienone is 1. The van der Waals surface area contributed by atoms with E-state index in [4.69, 9.17) is 0 Å². The molecule has 124 valence electrons. The van der Waals surface area contributed by atoms with Crippen molar-refractivity contribution in [3.8, 4) is 0 Å². The monoisotopic (exact) mass is 338 g/mol. The maximum atomic E-state index is 13.2. The summed E-state index contributed by atoms with van der Waals surface area (Å²) in [5, 5.41) is 25.7. The van der Waals surface area contributed by atoms with Gasteiger partial charge < -0.3 is 5.32 Å². The van der Waals surface area contributed by atoms with E-state index in [2.05, 4.69) is 20.8 Å². The molecule has 3 aromatic rings. The summed E-state index contributed by atoms with van der Waals surface area (Å²) in [5.74, 6) is 0.0681. The Kier molecular flexibility index (Phi) is 3.46. The zero-order chi connectivity index (χ0) is 17.4. The molecule has 1 N–H and O–H groups in total. The number of anilines is 1. The molecule has 9 heteroatoms. The first-order valence-corrected chi connectivity index (χ1v) is 7.39. The average molecular weight is 338 g/mol. The quantitative estimate of drug-likeness (QED) is 0.582. The molecule has 0 fully saturated rings. The molecular formula is C16H11FN6O2. The Balaban J connectivity index is 1.81. The lowest BCUT2D eigenvalue weighted by atomic mass is 10.0. The summed E-state index contributed by atoms with van der Waals surface area (Å²) in [6.07, 6.45) is 1.84. The Hall–Kier alpha value is -3.62. The third-order valence-electron chi connectivity index (χ3n) is 3.91. The highest BCUT2D eigenvalue weighted by Crippen LogP contribution is 2.32. The molecule has 1 aliphatic rings. The molecular weight excluding hydrogens is 327 g/mol. The van der Waals surface area contributed by atoms with Gasteiger partial charge in [0, 0.05) is 17.8 Å². The van der Waals surface area contributed by atoms with Gasteiger partial charge in [-0.2, -0.15) is 4.68 Å². The predicted molar refractivity (Wildman–Crippen MR) is 87.1 cm³/mol. The highest BCUT2D eigenvalue weighted by atomic mass is 19.1. The van der Waals surface area contributed by atoms with Gasteiger partial charge in [-0.05, 0) is 51.9 Å². The van der Waals surface area contributed by atoms with E-state index in [1.54, 1.807) is 24.3 Å². The molecule has 0 saturated heterocycles. The molecule has 25 heavy (non-hydrogen) atoms. The predicted octanol–water partition coefficient (Wildman–Crippen LogP) is 2.78. The van der Waals surface area contributed by atoms with Crippen LogP contribution in [0.15, 0.2) is 54.6 Å². The Bertz CT molecular complexity index is 982. The van der Waals surface area contributed by atoms with Crippen LogP contribution in [0.2, 0.25) is 0 Å². The Morgan fingerprint density at radius 2 is 2.00 bits per heavy atom. The van der Waals surface area contributed by atoms with E-state index in [1.165, 1.54) is 28.9 Å². The second-order valence-electron chi connectivity index (χ2n) is 5.46. The van der Waals surface area contributed by atoms with Crippen molar-refractivity contribution in [1.82, 2.24) is 20.2 Å². The summed E-state index contributed by atoms with van der Waals surface area (Å²) in [7, 11) is 0. The molecule has 0 amide bonds. The van der Waals surface area contributed by atoms with Crippen LogP contribution in [0.5, 0.6) is 0 Å². The van der Waals surface area contributed by atoms with Gasteiger partial charge >= 0.3 is 0 Å². The van der Waals surface area contributed by atoms with Crippen molar-refractivity contribution in [1.29, 1.82) is 0 Å². The van der Waals surface area contributed by atoms with E-state index in [0.29, 0.717) is 17.2 Å². The van der Waals surface area contributed by atoms with E-state index >= 15 is 0 Å². The normalized spacial score (nSPS) is 15.9. The molecule has 1 aromatic heterocycles. The van der Waals surface area contributed by atoms with Crippen LogP contribution in [0.25, 0.3) is 5.70 Å². The Morgan fingerprint density at radius 1 is 1.20 bits per heavy atom. The van der Waals surface area contributed by atoms with Gasteiger partial charge in [-0.25, -0.2) is 4.39 Å². The standard InChI is InChI=1S/C16H11FN6O2/c17-12-6-4-10(5-7-12)14-9-15(22-16(18-14)19-20-21-22)11-2-1-3-13(8-11)23(24)25/h1-9,15H,(H,18,19,21)/t15-/m0/s1. The van der Waals surface area contributed by atoms with E-state index in [-0.39, 0.29) is 11.5 Å². The first-order chi connectivity index (χ1) is 12.1. The fraction of sp³-hybridized carbons (Fsp3) is 0.0625. The van der Waals surface area contributed by atoms with E-state index in [9.17, 15) is 14.5 Å². The number of nitro benzene ring substituents is 1. The zero-order valence-corrected chi connectivity index (χ0v) is 12.7. The van der Waals surface area contributed by atoms with Crippen molar-refractivity contribution in [3.05, 3.63) is 81.7 Å². The van der Waals surface area contributed by atoms with E-state index in [1.807, 2.05) is 6.08 Å². The highest BCUT2D eigenvalue weighted by Gasteiger charge is 2.25. The fourth-order valence-electron chi connectivity index (χ4n) is 2.71. The van der Waals surface area contributed by atoms with Crippen molar-refractivity contribution >= 4 is 17.3 Å². The molecule has 2 aromatic carbocycles. The molecule has 0 unspecified atom stereocenters. The van der Waals surface area contributed by atoms with Crippen LogP contribution in [-0.2, 0) is 0 Å². The lowest BCUT2D eigenvalue weighted by Crippen LogP contribution is -2.20. The van der Waals surface area contributed by atoms with Gasteiger partial charge in [0.05, 0.1) is 4.92 Å². The molecule has 1 atom stereocenters. The van der Waals surface area contributed by atoms with Gasteiger partial charge in [-0.1, -0.05) is 17.2 Å². The summed E-state index contributed by atoms with van der Waals surface area (Å²) >= 11 is 0. The van der Waals surface area contributed by atoms with Crippen LogP contribution in [0.3, 0.4) is 0 Å². The van der Waals surface area contributed by atoms with Crippen LogP contribution in [0.4, 0.5) is 16.0 Å². The molecule has 0 saturated carbocycles. The zero-order valence-electron chi connectivity index (χ0n) is 12.7. The Morgan fingerprint density at radius 3 is 2.76 bits per heavy atom. The largest absolute Gasteiger partial charge is 0.323 e. The summed E-state index contributed by atoms with van der Waals surface area (Å²) in [6.45, 7) is 0. The molecule has 1 aliphatic heterocycles. The fourth-order valence-corrected chi connectivity index (χ4v) is 2.71. The Labute approximate surface area is 140 Å².